The number of anilines is 1. The van der Waals surface area contributed by atoms with Gasteiger partial charge in [-0.15, -0.1) is 22.7 Å². The maximum absolute atomic E-state index is 12.1. The third kappa shape index (κ3) is 4.40. The van der Waals surface area contributed by atoms with Crippen LogP contribution >= 0.6 is 22.7 Å². The zero-order valence-electron chi connectivity index (χ0n) is 13.7. The van der Waals surface area contributed by atoms with E-state index in [4.69, 9.17) is 4.74 Å². The van der Waals surface area contributed by atoms with E-state index < -0.39 is 0 Å². The molecular formula is C16H20N4O2S2. The van der Waals surface area contributed by atoms with Gasteiger partial charge in [0.15, 0.2) is 5.13 Å². The summed E-state index contributed by atoms with van der Waals surface area (Å²) in [5.41, 5.74) is 4.20. The molecule has 128 valence electrons. The van der Waals surface area contributed by atoms with E-state index in [9.17, 15) is 4.79 Å². The Hall–Kier alpha value is -1.77. The molecule has 0 bridgehead atoms. The number of amides is 1. The average molecular weight is 364 g/mol. The normalized spacial score (nSPS) is 15.6. The van der Waals surface area contributed by atoms with Crippen LogP contribution in [0.4, 0.5) is 5.13 Å². The van der Waals surface area contributed by atoms with Crippen LogP contribution in [0.1, 0.15) is 22.4 Å². The minimum atomic E-state index is -0.151. The molecular weight excluding hydrogens is 344 g/mol. The van der Waals surface area contributed by atoms with Crippen LogP contribution in [0, 0.1) is 6.92 Å². The topological polar surface area (TPSA) is 66.8 Å². The van der Waals surface area contributed by atoms with Crippen LogP contribution in [-0.2, 0) is 16.0 Å². The number of nitrogens with one attached hydrogen (secondary N) is 1. The monoisotopic (exact) mass is 364 g/mol. The fourth-order valence-corrected chi connectivity index (χ4v) is 4.00. The molecule has 1 fully saturated rings. The zero-order chi connectivity index (χ0) is 16.9. The highest BCUT2D eigenvalue weighted by molar-refractivity contribution is 7.14. The van der Waals surface area contributed by atoms with Crippen molar-refractivity contribution in [2.45, 2.75) is 20.3 Å². The summed E-state index contributed by atoms with van der Waals surface area (Å²) in [7, 11) is 0. The van der Waals surface area contributed by atoms with Crippen molar-refractivity contribution in [1.29, 1.82) is 0 Å². The number of thiophene rings is 1. The number of ether oxygens (including phenoxy) is 1. The third-order valence-electron chi connectivity index (χ3n) is 3.61. The van der Waals surface area contributed by atoms with Crippen LogP contribution in [0.15, 0.2) is 22.6 Å². The van der Waals surface area contributed by atoms with Gasteiger partial charge in [-0.2, -0.15) is 5.10 Å². The van der Waals surface area contributed by atoms with Crippen LogP contribution in [-0.4, -0.2) is 42.9 Å². The molecule has 0 spiro atoms. The predicted octanol–water partition coefficient (Wildman–Crippen LogP) is 2.43. The molecule has 0 aromatic carbocycles. The number of hydrogen-bond donors (Lipinski definition) is 1. The number of carbonyl (C=O) groups excluding carboxylic acids is 1. The first kappa shape index (κ1) is 17.1. The minimum Gasteiger partial charge on any atom is -0.378 e. The van der Waals surface area contributed by atoms with Crippen LogP contribution in [0.2, 0.25) is 0 Å². The number of aromatic nitrogens is 1. The van der Waals surface area contributed by atoms with E-state index in [2.05, 4.69) is 20.4 Å². The molecule has 1 aliphatic heterocycles. The first-order valence-electron chi connectivity index (χ1n) is 7.79. The summed E-state index contributed by atoms with van der Waals surface area (Å²) in [6.45, 7) is 7.10. The van der Waals surface area contributed by atoms with Gasteiger partial charge < -0.3 is 9.64 Å². The lowest BCUT2D eigenvalue weighted by atomic mass is 10.3. The largest absolute Gasteiger partial charge is 0.378 e. The quantitative estimate of drug-likeness (QED) is 0.654. The standard InChI is InChI=1S/C16H20N4O2S2/c1-11-3-4-14(24-11)12(2)18-19-15(21)9-13-10-23-16(17-13)20-5-7-22-8-6-20/h3-4,10H,5-9H2,1-2H3,(H,19,21)/b18-12-. The number of aryl methyl sites for hydroxylation is 1. The Labute approximate surface area is 149 Å². The highest BCUT2D eigenvalue weighted by Gasteiger charge is 2.15. The summed E-state index contributed by atoms with van der Waals surface area (Å²) in [4.78, 5) is 21.1. The van der Waals surface area contributed by atoms with E-state index in [1.807, 2.05) is 31.4 Å². The molecule has 0 aliphatic carbocycles. The summed E-state index contributed by atoms with van der Waals surface area (Å²) in [5, 5.41) is 7.06. The molecule has 6 nitrogen and oxygen atoms in total. The van der Waals surface area contributed by atoms with Crippen molar-refractivity contribution in [2.75, 3.05) is 31.2 Å². The second-order valence-electron chi connectivity index (χ2n) is 5.54. The Bertz CT molecular complexity index is 732. The number of nitrogens with zero attached hydrogens (tertiary/aromatic N) is 3. The van der Waals surface area contributed by atoms with E-state index in [1.54, 1.807) is 22.7 Å². The Balaban J connectivity index is 1.54. The van der Waals surface area contributed by atoms with E-state index in [1.165, 1.54) is 4.88 Å². The van der Waals surface area contributed by atoms with E-state index >= 15 is 0 Å². The molecule has 0 radical (unpaired) electrons. The lowest BCUT2D eigenvalue weighted by molar-refractivity contribution is -0.120. The van der Waals surface area contributed by atoms with Crippen molar-refractivity contribution in [1.82, 2.24) is 10.4 Å². The SMILES string of the molecule is C/C(=N/NC(=O)Cc1csc(N2CCOCC2)n1)c1ccc(C)s1. The number of thiazole rings is 1. The van der Waals surface area contributed by atoms with Crippen LogP contribution in [0.3, 0.4) is 0 Å². The summed E-state index contributed by atoms with van der Waals surface area (Å²) in [6, 6.07) is 4.06. The van der Waals surface area contributed by atoms with E-state index in [-0.39, 0.29) is 12.3 Å². The molecule has 2 aromatic rings. The van der Waals surface area contributed by atoms with Crippen molar-refractivity contribution in [3.63, 3.8) is 0 Å². The molecule has 3 rings (SSSR count). The molecule has 0 saturated carbocycles. The molecule has 8 heteroatoms. The smallest absolute Gasteiger partial charge is 0.246 e. The first-order valence-corrected chi connectivity index (χ1v) is 9.48. The highest BCUT2D eigenvalue weighted by atomic mass is 32.1. The van der Waals surface area contributed by atoms with E-state index in [0.29, 0.717) is 0 Å². The minimum absolute atomic E-state index is 0.151. The molecule has 1 aliphatic rings. The van der Waals surface area contributed by atoms with Gasteiger partial charge in [0.05, 0.1) is 35.9 Å². The molecule has 1 amide bonds. The predicted molar refractivity (Wildman–Crippen MR) is 98.3 cm³/mol. The molecule has 24 heavy (non-hydrogen) atoms. The van der Waals surface area contributed by atoms with E-state index in [0.717, 1.165) is 47.7 Å². The Morgan fingerprint density at radius 3 is 2.92 bits per heavy atom. The maximum Gasteiger partial charge on any atom is 0.246 e. The van der Waals surface area contributed by atoms with Crippen molar-refractivity contribution in [3.8, 4) is 0 Å². The van der Waals surface area contributed by atoms with Crippen molar-refractivity contribution >= 4 is 39.4 Å². The fourth-order valence-electron chi connectivity index (χ4n) is 2.31. The highest BCUT2D eigenvalue weighted by Crippen LogP contribution is 2.21. The van der Waals surface area contributed by atoms with Gasteiger partial charge in [-0.05, 0) is 26.0 Å². The molecule has 0 unspecified atom stereocenters. The number of rotatable bonds is 5. The van der Waals surface area contributed by atoms with Gasteiger partial charge in [0.25, 0.3) is 0 Å². The van der Waals surface area contributed by atoms with Crippen molar-refractivity contribution < 1.29 is 9.53 Å². The summed E-state index contributed by atoms with van der Waals surface area (Å²) in [5.74, 6) is -0.151. The zero-order valence-corrected chi connectivity index (χ0v) is 15.4. The number of hydrogen-bond acceptors (Lipinski definition) is 7. The first-order chi connectivity index (χ1) is 11.6. The Morgan fingerprint density at radius 2 is 2.21 bits per heavy atom. The lowest BCUT2D eigenvalue weighted by Crippen LogP contribution is -2.36. The molecule has 0 atom stereocenters. The number of carbonyl (C=O) groups is 1. The maximum atomic E-state index is 12.1. The van der Waals surface area contributed by atoms with Gasteiger partial charge >= 0.3 is 0 Å². The number of morpholine rings is 1. The fraction of sp³-hybridized carbons (Fsp3) is 0.438. The van der Waals surface area contributed by atoms with Crippen molar-refractivity contribution in [3.05, 3.63) is 33.0 Å². The van der Waals surface area contributed by atoms with Gasteiger partial charge in [0.2, 0.25) is 5.91 Å². The second-order valence-corrected chi connectivity index (χ2v) is 7.66. The van der Waals surface area contributed by atoms with Gasteiger partial charge in [0.1, 0.15) is 0 Å². The van der Waals surface area contributed by atoms with Crippen LogP contribution in [0.5, 0.6) is 0 Å². The van der Waals surface area contributed by atoms with Crippen LogP contribution < -0.4 is 10.3 Å². The molecule has 2 aromatic heterocycles. The summed E-state index contributed by atoms with van der Waals surface area (Å²) < 4.78 is 5.34. The summed E-state index contributed by atoms with van der Waals surface area (Å²) >= 11 is 3.23. The van der Waals surface area contributed by atoms with Crippen LogP contribution in [0.25, 0.3) is 0 Å². The average Bonchev–Trinajstić information content (AvgIpc) is 3.23. The molecule has 3 heterocycles. The Kier molecular flexibility index (Phi) is 5.60. The van der Waals surface area contributed by atoms with Gasteiger partial charge in [-0.3, -0.25) is 4.79 Å². The van der Waals surface area contributed by atoms with Gasteiger partial charge in [0, 0.05) is 23.3 Å². The molecule has 1 saturated heterocycles. The van der Waals surface area contributed by atoms with Gasteiger partial charge in [-0.1, -0.05) is 0 Å². The number of hydrazone groups is 1. The van der Waals surface area contributed by atoms with Gasteiger partial charge in [-0.25, -0.2) is 10.4 Å². The Morgan fingerprint density at radius 1 is 1.42 bits per heavy atom. The lowest BCUT2D eigenvalue weighted by Gasteiger charge is -2.26. The third-order valence-corrected chi connectivity index (χ3v) is 5.67. The summed E-state index contributed by atoms with van der Waals surface area (Å²) in [6.07, 6.45) is 0.237. The van der Waals surface area contributed by atoms with Crippen molar-refractivity contribution in [2.24, 2.45) is 5.10 Å². The molecule has 1 N–H and O–H groups in total. The second kappa shape index (κ2) is 7.87.